The van der Waals surface area contributed by atoms with Crippen LogP contribution in [0.3, 0.4) is 0 Å². The molecule has 0 spiro atoms. The van der Waals surface area contributed by atoms with Crippen molar-refractivity contribution >= 4 is 11.6 Å². The normalized spacial score (nSPS) is 11.8. The molecule has 27 heavy (non-hydrogen) atoms. The molecule has 0 aliphatic carbocycles. The van der Waals surface area contributed by atoms with Crippen molar-refractivity contribution in [1.82, 2.24) is 14.9 Å². The molecule has 1 heterocycles. The van der Waals surface area contributed by atoms with Crippen LogP contribution in [0.5, 0.6) is 0 Å². The molecular formula is C18H14F2N4O3. The summed E-state index contributed by atoms with van der Waals surface area (Å²) < 4.78 is 28.3. The van der Waals surface area contributed by atoms with Crippen LogP contribution < -0.4 is 5.32 Å². The second kappa shape index (κ2) is 7.32. The van der Waals surface area contributed by atoms with E-state index in [9.17, 15) is 23.7 Å². The second-order valence-electron chi connectivity index (χ2n) is 5.79. The molecule has 1 aromatic heterocycles. The maximum Gasteiger partial charge on any atom is 0.294 e. The predicted molar refractivity (Wildman–Crippen MR) is 92.5 cm³/mol. The number of hydrogen-bond donors (Lipinski definition) is 1. The monoisotopic (exact) mass is 372 g/mol. The molecule has 0 saturated heterocycles. The summed E-state index contributed by atoms with van der Waals surface area (Å²) in [5, 5.41) is 13.9. The summed E-state index contributed by atoms with van der Waals surface area (Å²) in [7, 11) is 0. The van der Waals surface area contributed by atoms with E-state index < -0.39 is 28.5 Å². The predicted octanol–water partition coefficient (Wildman–Crippen LogP) is 3.55. The molecule has 0 aliphatic heterocycles. The first-order chi connectivity index (χ1) is 12.9. The fourth-order valence-corrected chi connectivity index (χ4v) is 2.64. The number of nitrogens with one attached hydrogen (secondary N) is 1. The summed E-state index contributed by atoms with van der Waals surface area (Å²) in [6, 6.07) is 6.28. The van der Waals surface area contributed by atoms with Gasteiger partial charge in [-0.25, -0.2) is 13.8 Å². The molecule has 0 radical (unpaired) electrons. The van der Waals surface area contributed by atoms with Crippen molar-refractivity contribution in [1.29, 1.82) is 0 Å². The van der Waals surface area contributed by atoms with E-state index in [0.29, 0.717) is 0 Å². The number of imidazole rings is 1. The van der Waals surface area contributed by atoms with Gasteiger partial charge in [0, 0.05) is 35.7 Å². The molecule has 3 rings (SSSR count). The minimum Gasteiger partial charge on any atom is -0.345 e. The number of carbonyl (C=O) groups is 1. The summed E-state index contributed by atoms with van der Waals surface area (Å²) in [5.41, 5.74) is 0.127. The van der Waals surface area contributed by atoms with Gasteiger partial charge in [-0.15, -0.1) is 0 Å². The third-order valence-electron chi connectivity index (χ3n) is 3.99. The molecule has 138 valence electrons. The van der Waals surface area contributed by atoms with Crippen molar-refractivity contribution in [2.45, 2.75) is 13.0 Å². The van der Waals surface area contributed by atoms with Crippen LogP contribution in [0.15, 0.2) is 55.1 Å². The van der Waals surface area contributed by atoms with Crippen molar-refractivity contribution in [3.05, 3.63) is 88.0 Å². The van der Waals surface area contributed by atoms with Gasteiger partial charge >= 0.3 is 0 Å². The van der Waals surface area contributed by atoms with Gasteiger partial charge in [0.1, 0.15) is 17.3 Å². The smallest absolute Gasteiger partial charge is 0.294 e. The van der Waals surface area contributed by atoms with Gasteiger partial charge in [0.25, 0.3) is 11.6 Å². The highest BCUT2D eigenvalue weighted by molar-refractivity contribution is 5.95. The molecule has 0 bridgehead atoms. The Morgan fingerprint density at radius 1 is 1.26 bits per heavy atom. The van der Waals surface area contributed by atoms with Crippen LogP contribution in [0.2, 0.25) is 0 Å². The van der Waals surface area contributed by atoms with E-state index in [1.807, 2.05) is 0 Å². The van der Waals surface area contributed by atoms with Crippen LogP contribution in [0.4, 0.5) is 14.5 Å². The third kappa shape index (κ3) is 3.81. The van der Waals surface area contributed by atoms with E-state index in [4.69, 9.17) is 0 Å². The summed E-state index contributed by atoms with van der Waals surface area (Å²) in [6.45, 7) is 1.53. The molecule has 9 heteroatoms. The topological polar surface area (TPSA) is 90.1 Å². The zero-order chi connectivity index (χ0) is 19.6. The molecule has 2 aromatic carbocycles. The maximum atomic E-state index is 13.8. The van der Waals surface area contributed by atoms with Gasteiger partial charge in [0.05, 0.1) is 17.3 Å². The second-order valence-corrected chi connectivity index (χ2v) is 5.79. The molecule has 0 saturated carbocycles. The van der Waals surface area contributed by atoms with E-state index in [1.54, 1.807) is 6.20 Å². The van der Waals surface area contributed by atoms with Crippen LogP contribution in [-0.4, -0.2) is 20.4 Å². The highest BCUT2D eigenvalue weighted by Gasteiger charge is 2.20. The van der Waals surface area contributed by atoms with Crippen LogP contribution in [0.1, 0.15) is 28.9 Å². The number of benzene rings is 2. The maximum absolute atomic E-state index is 13.8. The zero-order valence-corrected chi connectivity index (χ0v) is 14.1. The van der Waals surface area contributed by atoms with Crippen LogP contribution in [0, 0.1) is 21.7 Å². The van der Waals surface area contributed by atoms with E-state index in [1.165, 1.54) is 42.2 Å². The Kier molecular flexibility index (Phi) is 4.93. The molecule has 1 atom stereocenters. The molecule has 0 fully saturated rings. The summed E-state index contributed by atoms with van der Waals surface area (Å²) in [4.78, 5) is 27.0. The third-order valence-corrected chi connectivity index (χ3v) is 3.99. The minimum absolute atomic E-state index is 0.0416. The number of carbonyl (C=O) groups excluding carboxylic acids is 1. The highest BCUT2D eigenvalue weighted by Crippen LogP contribution is 2.25. The van der Waals surface area contributed by atoms with Crippen molar-refractivity contribution in [2.75, 3.05) is 0 Å². The van der Waals surface area contributed by atoms with Crippen molar-refractivity contribution in [3.8, 4) is 5.69 Å². The average molecular weight is 372 g/mol. The first-order valence-corrected chi connectivity index (χ1v) is 7.89. The number of nitro benzene ring substituents is 1. The Morgan fingerprint density at radius 2 is 2.04 bits per heavy atom. The van der Waals surface area contributed by atoms with Gasteiger partial charge in [0.2, 0.25) is 0 Å². The molecule has 1 unspecified atom stereocenters. The van der Waals surface area contributed by atoms with Crippen molar-refractivity contribution in [3.63, 3.8) is 0 Å². The Bertz CT molecular complexity index is 1010. The van der Waals surface area contributed by atoms with Gasteiger partial charge < -0.3 is 9.88 Å². The molecule has 1 N–H and O–H groups in total. The number of amides is 1. The Morgan fingerprint density at radius 3 is 2.67 bits per heavy atom. The fourth-order valence-electron chi connectivity index (χ4n) is 2.64. The Balaban J connectivity index is 1.86. The van der Waals surface area contributed by atoms with E-state index in [0.717, 1.165) is 18.2 Å². The number of nitro groups is 1. The quantitative estimate of drug-likeness (QED) is 0.548. The van der Waals surface area contributed by atoms with E-state index in [2.05, 4.69) is 10.3 Å². The van der Waals surface area contributed by atoms with E-state index >= 15 is 0 Å². The van der Waals surface area contributed by atoms with Gasteiger partial charge in [-0.3, -0.25) is 14.9 Å². The van der Waals surface area contributed by atoms with Crippen LogP contribution in [0.25, 0.3) is 5.69 Å². The van der Waals surface area contributed by atoms with Crippen molar-refractivity contribution < 1.29 is 18.5 Å². The lowest BCUT2D eigenvalue weighted by Gasteiger charge is -2.15. The van der Waals surface area contributed by atoms with Gasteiger partial charge in [0.15, 0.2) is 0 Å². The summed E-state index contributed by atoms with van der Waals surface area (Å²) >= 11 is 0. The zero-order valence-electron chi connectivity index (χ0n) is 14.1. The van der Waals surface area contributed by atoms with Crippen LogP contribution >= 0.6 is 0 Å². The van der Waals surface area contributed by atoms with Crippen LogP contribution in [-0.2, 0) is 0 Å². The number of halogens is 2. The van der Waals surface area contributed by atoms with Gasteiger partial charge in [-0.1, -0.05) is 6.07 Å². The lowest BCUT2D eigenvalue weighted by Crippen LogP contribution is -2.27. The van der Waals surface area contributed by atoms with E-state index in [-0.39, 0.29) is 22.5 Å². The van der Waals surface area contributed by atoms with Gasteiger partial charge in [-0.05, 0) is 25.1 Å². The SMILES string of the molecule is CC(NC(=O)c1ccc(-n2ccnc2)c([N+](=O)[O-])c1)c1ccc(F)cc1F. The molecular weight excluding hydrogens is 358 g/mol. The van der Waals surface area contributed by atoms with Crippen molar-refractivity contribution in [2.24, 2.45) is 0 Å². The standard InChI is InChI=1S/C18H14F2N4O3/c1-11(14-4-3-13(19)9-15(14)20)22-18(25)12-2-5-16(17(8-12)24(26)27)23-7-6-21-10-23/h2-11H,1H3,(H,22,25). The highest BCUT2D eigenvalue weighted by atomic mass is 19.1. The number of nitrogens with zero attached hydrogens (tertiary/aromatic N) is 3. The first-order valence-electron chi connectivity index (χ1n) is 7.89. The lowest BCUT2D eigenvalue weighted by molar-refractivity contribution is -0.384. The summed E-state index contributed by atoms with van der Waals surface area (Å²) in [6.07, 6.45) is 4.42. The fraction of sp³-hybridized carbons (Fsp3) is 0.111. The number of rotatable bonds is 5. The average Bonchev–Trinajstić information content (AvgIpc) is 3.15. The number of aromatic nitrogens is 2. The Labute approximate surface area is 152 Å². The largest absolute Gasteiger partial charge is 0.345 e. The number of hydrogen-bond acceptors (Lipinski definition) is 4. The molecule has 3 aromatic rings. The minimum atomic E-state index is -0.788. The summed E-state index contributed by atoms with van der Waals surface area (Å²) in [5.74, 6) is -2.13. The molecule has 1 amide bonds. The van der Waals surface area contributed by atoms with Gasteiger partial charge in [-0.2, -0.15) is 0 Å². The first kappa shape index (κ1) is 18.2. The molecule has 0 aliphatic rings. The Hall–Kier alpha value is -3.62. The lowest BCUT2D eigenvalue weighted by atomic mass is 10.1. The molecule has 7 nitrogen and oxygen atoms in total.